The summed E-state index contributed by atoms with van der Waals surface area (Å²) in [7, 11) is 1.59. The Morgan fingerprint density at radius 2 is 2.04 bits per heavy atom. The standard InChI is InChI=1S/C21H30N2O3/c1-13-8-9-19(26-4)17(10-13)22-21(25)16-11-20(24)23(12-16)18-7-5-6-14(2)15(18)3/h8-10,14-16,18H,5-7,11-12H2,1-4H3,(H,22,25)/t14-,15-,16+,18-/m0/s1. The highest BCUT2D eigenvalue weighted by atomic mass is 16.5. The monoisotopic (exact) mass is 358 g/mol. The van der Waals surface area contributed by atoms with Crippen LogP contribution in [0.4, 0.5) is 5.69 Å². The summed E-state index contributed by atoms with van der Waals surface area (Å²) < 4.78 is 5.34. The summed E-state index contributed by atoms with van der Waals surface area (Å²) in [5, 5.41) is 2.97. The molecule has 142 valence electrons. The van der Waals surface area contributed by atoms with Gasteiger partial charge in [-0.3, -0.25) is 9.59 Å². The van der Waals surface area contributed by atoms with Crippen LogP contribution in [0.3, 0.4) is 0 Å². The van der Waals surface area contributed by atoms with Gasteiger partial charge in [-0.15, -0.1) is 0 Å². The van der Waals surface area contributed by atoms with Crippen molar-refractivity contribution in [2.75, 3.05) is 19.0 Å². The molecule has 2 amide bonds. The van der Waals surface area contributed by atoms with E-state index in [2.05, 4.69) is 19.2 Å². The van der Waals surface area contributed by atoms with Crippen molar-refractivity contribution < 1.29 is 14.3 Å². The van der Waals surface area contributed by atoms with Crippen LogP contribution in [0.1, 0.15) is 45.1 Å². The van der Waals surface area contributed by atoms with Gasteiger partial charge in [-0.2, -0.15) is 0 Å². The van der Waals surface area contributed by atoms with E-state index in [1.165, 1.54) is 6.42 Å². The van der Waals surface area contributed by atoms with Crippen LogP contribution >= 0.6 is 0 Å². The number of carbonyl (C=O) groups is 2. The lowest BCUT2D eigenvalue weighted by molar-refractivity contribution is -0.131. The number of likely N-dealkylation sites (tertiary alicyclic amines) is 1. The van der Waals surface area contributed by atoms with E-state index in [9.17, 15) is 9.59 Å². The van der Waals surface area contributed by atoms with Crippen LogP contribution in [-0.4, -0.2) is 36.4 Å². The molecule has 1 aromatic carbocycles. The average Bonchev–Trinajstić information content (AvgIpc) is 2.99. The topological polar surface area (TPSA) is 58.6 Å². The van der Waals surface area contributed by atoms with Crippen LogP contribution in [0, 0.1) is 24.7 Å². The first-order chi connectivity index (χ1) is 12.4. The molecule has 1 N–H and O–H groups in total. The highest BCUT2D eigenvalue weighted by Crippen LogP contribution is 2.36. The van der Waals surface area contributed by atoms with Gasteiger partial charge in [-0.25, -0.2) is 0 Å². The van der Waals surface area contributed by atoms with Crippen LogP contribution < -0.4 is 10.1 Å². The van der Waals surface area contributed by atoms with E-state index < -0.39 is 0 Å². The predicted octanol–water partition coefficient (Wildman–Crippen LogP) is 3.62. The van der Waals surface area contributed by atoms with Crippen molar-refractivity contribution in [1.82, 2.24) is 4.90 Å². The highest BCUT2D eigenvalue weighted by molar-refractivity contribution is 5.98. The van der Waals surface area contributed by atoms with Crippen molar-refractivity contribution in [3.63, 3.8) is 0 Å². The zero-order valence-corrected chi connectivity index (χ0v) is 16.2. The molecular weight excluding hydrogens is 328 g/mol. The van der Waals surface area contributed by atoms with Gasteiger partial charge in [0.1, 0.15) is 5.75 Å². The Bertz CT molecular complexity index is 688. The number of aryl methyl sites for hydroxylation is 1. The molecule has 1 aliphatic heterocycles. The van der Waals surface area contributed by atoms with Crippen LogP contribution in [0.2, 0.25) is 0 Å². The first kappa shape index (κ1) is 18.7. The highest BCUT2D eigenvalue weighted by Gasteiger charge is 2.41. The molecule has 2 fully saturated rings. The number of nitrogens with one attached hydrogen (secondary N) is 1. The number of ether oxygens (including phenoxy) is 1. The lowest BCUT2D eigenvalue weighted by Gasteiger charge is -2.40. The Hall–Kier alpha value is -2.04. The third-order valence-electron chi connectivity index (χ3n) is 6.21. The normalized spacial score (nSPS) is 28.9. The lowest BCUT2D eigenvalue weighted by Crippen LogP contribution is -2.45. The quantitative estimate of drug-likeness (QED) is 0.894. The summed E-state index contributed by atoms with van der Waals surface area (Å²) in [5.74, 6) is 1.49. The number of methoxy groups -OCH3 is 1. The van der Waals surface area contributed by atoms with Crippen molar-refractivity contribution in [1.29, 1.82) is 0 Å². The van der Waals surface area contributed by atoms with Crippen molar-refractivity contribution in [3.05, 3.63) is 23.8 Å². The molecule has 1 saturated heterocycles. The minimum atomic E-state index is -0.294. The van der Waals surface area contributed by atoms with Crippen molar-refractivity contribution in [2.45, 2.75) is 52.5 Å². The van der Waals surface area contributed by atoms with Gasteiger partial charge in [-0.05, 0) is 42.9 Å². The molecule has 0 radical (unpaired) electrons. The molecule has 0 bridgehead atoms. The maximum Gasteiger partial charge on any atom is 0.229 e. The lowest BCUT2D eigenvalue weighted by atomic mass is 9.77. The van der Waals surface area contributed by atoms with Gasteiger partial charge in [0.15, 0.2) is 0 Å². The Labute approximate surface area is 156 Å². The number of anilines is 1. The number of rotatable bonds is 4. The van der Waals surface area contributed by atoms with Crippen molar-refractivity contribution >= 4 is 17.5 Å². The molecule has 0 spiro atoms. The largest absolute Gasteiger partial charge is 0.495 e. The summed E-state index contributed by atoms with van der Waals surface area (Å²) in [6.45, 7) is 7.01. The second-order valence-electron chi connectivity index (χ2n) is 7.97. The molecule has 3 rings (SSSR count). The third-order valence-corrected chi connectivity index (χ3v) is 6.21. The molecule has 0 aromatic heterocycles. The fraction of sp³-hybridized carbons (Fsp3) is 0.619. The van der Waals surface area contributed by atoms with Gasteiger partial charge in [-0.1, -0.05) is 32.8 Å². The molecular formula is C21H30N2O3. The van der Waals surface area contributed by atoms with Gasteiger partial charge < -0.3 is 15.0 Å². The fourth-order valence-corrected chi connectivity index (χ4v) is 4.38. The van der Waals surface area contributed by atoms with E-state index in [-0.39, 0.29) is 23.8 Å². The minimum absolute atomic E-state index is 0.0961. The number of benzene rings is 1. The van der Waals surface area contributed by atoms with E-state index in [1.54, 1.807) is 7.11 Å². The molecule has 1 aliphatic carbocycles. The Morgan fingerprint density at radius 3 is 2.77 bits per heavy atom. The number of carbonyl (C=O) groups excluding carboxylic acids is 2. The van der Waals surface area contributed by atoms with E-state index in [0.29, 0.717) is 36.2 Å². The van der Waals surface area contributed by atoms with Crippen LogP contribution in [0.25, 0.3) is 0 Å². The molecule has 2 aliphatic rings. The fourth-order valence-electron chi connectivity index (χ4n) is 4.38. The van der Waals surface area contributed by atoms with E-state index in [4.69, 9.17) is 4.74 Å². The number of hydrogen-bond acceptors (Lipinski definition) is 3. The number of amides is 2. The first-order valence-electron chi connectivity index (χ1n) is 9.65. The molecule has 1 heterocycles. The van der Waals surface area contributed by atoms with E-state index >= 15 is 0 Å². The van der Waals surface area contributed by atoms with Gasteiger partial charge in [0.2, 0.25) is 11.8 Å². The SMILES string of the molecule is COc1ccc(C)cc1NC(=O)[C@@H]1CC(=O)N([C@H]2CCC[C@H](C)[C@@H]2C)C1. The van der Waals surface area contributed by atoms with Gasteiger partial charge in [0.05, 0.1) is 18.7 Å². The smallest absolute Gasteiger partial charge is 0.229 e. The molecule has 1 saturated carbocycles. The van der Waals surface area contributed by atoms with Gasteiger partial charge >= 0.3 is 0 Å². The second-order valence-corrected chi connectivity index (χ2v) is 7.97. The molecule has 5 nitrogen and oxygen atoms in total. The predicted molar refractivity (Wildman–Crippen MR) is 102 cm³/mol. The van der Waals surface area contributed by atoms with Crippen LogP contribution in [-0.2, 0) is 9.59 Å². The van der Waals surface area contributed by atoms with E-state index in [0.717, 1.165) is 18.4 Å². The van der Waals surface area contributed by atoms with Crippen LogP contribution in [0.5, 0.6) is 5.75 Å². The Morgan fingerprint density at radius 1 is 1.27 bits per heavy atom. The van der Waals surface area contributed by atoms with E-state index in [1.807, 2.05) is 30.0 Å². The first-order valence-corrected chi connectivity index (χ1v) is 9.65. The van der Waals surface area contributed by atoms with Gasteiger partial charge in [0.25, 0.3) is 0 Å². The van der Waals surface area contributed by atoms with Crippen molar-refractivity contribution in [2.24, 2.45) is 17.8 Å². The maximum absolute atomic E-state index is 12.8. The number of hydrogen-bond donors (Lipinski definition) is 1. The zero-order valence-electron chi connectivity index (χ0n) is 16.2. The van der Waals surface area contributed by atoms with Crippen molar-refractivity contribution in [3.8, 4) is 5.75 Å². The molecule has 5 heteroatoms. The molecule has 0 unspecified atom stereocenters. The summed E-state index contributed by atoms with van der Waals surface area (Å²) in [6.07, 6.45) is 3.75. The average molecular weight is 358 g/mol. The molecule has 1 aromatic rings. The summed E-state index contributed by atoms with van der Waals surface area (Å²) in [5.41, 5.74) is 1.72. The maximum atomic E-state index is 12.8. The van der Waals surface area contributed by atoms with Crippen LogP contribution in [0.15, 0.2) is 18.2 Å². The third kappa shape index (κ3) is 3.71. The summed E-state index contributed by atoms with van der Waals surface area (Å²) in [4.78, 5) is 27.3. The number of nitrogens with zero attached hydrogens (tertiary/aromatic N) is 1. The molecule has 26 heavy (non-hydrogen) atoms. The summed E-state index contributed by atoms with van der Waals surface area (Å²) in [6, 6.07) is 5.97. The molecule has 4 atom stereocenters. The zero-order chi connectivity index (χ0) is 18.8. The van der Waals surface area contributed by atoms with Gasteiger partial charge in [0, 0.05) is 19.0 Å². The Kier molecular flexibility index (Phi) is 5.54. The summed E-state index contributed by atoms with van der Waals surface area (Å²) >= 11 is 0. The minimum Gasteiger partial charge on any atom is -0.495 e. The Balaban J connectivity index is 1.68. The second kappa shape index (κ2) is 7.68.